The van der Waals surface area contributed by atoms with Crippen LogP contribution in [0.15, 0.2) is 24.3 Å². The highest BCUT2D eigenvalue weighted by Gasteiger charge is 2.35. The fourth-order valence-electron chi connectivity index (χ4n) is 7.90. The Morgan fingerprint density at radius 2 is 1.73 bits per heavy atom. The van der Waals surface area contributed by atoms with Crippen LogP contribution in [0.1, 0.15) is 54.3 Å². The van der Waals surface area contributed by atoms with E-state index in [1.807, 2.05) is 29.6 Å². The second-order valence-corrected chi connectivity index (χ2v) is 19.9. The van der Waals surface area contributed by atoms with E-state index in [4.69, 9.17) is 4.98 Å². The van der Waals surface area contributed by atoms with Crippen LogP contribution in [-0.2, 0) is 29.5 Å². The number of nitrogens with one attached hydrogen (secondary N) is 2. The highest BCUT2D eigenvalue weighted by molar-refractivity contribution is 7.89. The highest BCUT2D eigenvalue weighted by atomic mass is 32.2. The van der Waals surface area contributed by atoms with Gasteiger partial charge in [-0.05, 0) is 80.0 Å². The molecule has 0 spiro atoms. The molecule has 55 heavy (non-hydrogen) atoms. The monoisotopic (exact) mass is 793 g/mol. The van der Waals surface area contributed by atoms with Crippen molar-refractivity contribution in [2.45, 2.75) is 82.5 Å². The second-order valence-electron chi connectivity index (χ2n) is 16.7. The molecule has 1 atom stereocenters. The number of alkyl halides is 3. The molecule has 292 valence electrons. The molecule has 0 bridgehead atoms. The number of hydrogen-bond acceptors (Lipinski definition) is 10. The first-order valence-electron chi connectivity index (χ1n) is 19.3. The normalized spacial score (nSPS) is 19.2. The molecule has 2 saturated heterocycles. The lowest BCUT2D eigenvalue weighted by molar-refractivity contribution is -0.126. The average Bonchev–Trinajstić information content (AvgIpc) is 3.70. The van der Waals surface area contributed by atoms with E-state index < -0.39 is 22.6 Å². The van der Waals surface area contributed by atoms with Crippen LogP contribution in [0.5, 0.6) is 0 Å². The van der Waals surface area contributed by atoms with E-state index in [9.17, 15) is 26.9 Å². The van der Waals surface area contributed by atoms with E-state index in [1.54, 1.807) is 10.4 Å². The number of nitriles is 1. The summed E-state index contributed by atoms with van der Waals surface area (Å²) in [4.78, 5) is 14.8. The van der Waals surface area contributed by atoms with Crippen LogP contribution in [0.25, 0.3) is 21.1 Å². The molecule has 5 heterocycles. The zero-order valence-electron chi connectivity index (χ0n) is 32.3. The third-order valence-electron chi connectivity index (χ3n) is 11.1. The van der Waals surface area contributed by atoms with Crippen molar-refractivity contribution in [1.82, 2.24) is 28.6 Å². The van der Waals surface area contributed by atoms with Crippen LogP contribution in [0, 0.1) is 24.2 Å². The number of hydrogen-bond donors (Lipinski definition) is 2. The van der Waals surface area contributed by atoms with Crippen LogP contribution in [0.3, 0.4) is 0 Å². The molecule has 0 amide bonds. The lowest BCUT2D eigenvalue weighted by Gasteiger charge is -2.37. The van der Waals surface area contributed by atoms with Crippen molar-refractivity contribution < 1.29 is 21.6 Å². The number of halogens is 3. The lowest BCUT2D eigenvalue weighted by Crippen LogP contribution is -2.52. The van der Waals surface area contributed by atoms with Crippen LogP contribution in [-0.4, -0.2) is 129 Å². The number of rotatable bonds is 13. The molecule has 0 unspecified atom stereocenters. The van der Waals surface area contributed by atoms with E-state index in [0.717, 1.165) is 73.1 Å². The van der Waals surface area contributed by atoms with Gasteiger partial charge >= 0.3 is 6.18 Å². The Kier molecular flexibility index (Phi) is 11.3. The number of fused-ring (bicyclic) bond motifs is 2. The van der Waals surface area contributed by atoms with Gasteiger partial charge in [0, 0.05) is 80.2 Å². The van der Waals surface area contributed by atoms with Gasteiger partial charge in [-0.1, -0.05) is 6.07 Å². The predicted octanol–water partition coefficient (Wildman–Crippen LogP) is 2.68. The zero-order chi connectivity index (χ0) is 39.3. The van der Waals surface area contributed by atoms with Crippen molar-refractivity contribution >= 4 is 77.8 Å². The van der Waals surface area contributed by atoms with Gasteiger partial charge in [0.25, 0.3) is 0 Å². The number of thiophene rings is 1. The number of sulfonamides is 1. The summed E-state index contributed by atoms with van der Waals surface area (Å²) in [5, 5.41) is 18.3. The van der Waals surface area contributed by atoms with Crippen molar-refractivity contribution in [3.63, 3.8) is 0 Å². The summed E-state index contributed by atoms with van der Waals surface area (Å²) >= 11 is 1.06. The summed E-state index contributed by atoms with van der Waals surface area (Å²) in [6.07, 6.45) is -1.56. The fraction of sp³-hybridized carbons (Fsp3) is 0.583. The molecule has 2 N–H and O–H groups in total. The molecule has 0 radical (unpaired) electrons. The first-order chi connectivity index (χ1) is 25.9. The minimum absolute atomic E-state index is 0.107. The molecular formula is C36H49B3F3N9O2S2. The Labute approximate surface area is 328 Å². The van der Waals surface area contributed by atoms with Gasteiger partial charge in [0.2, 0.25) is 16.0 Å². The molecule has 3 aliphatic rings. The van der Waals surface area contributed by atoms with Gasteiger partial charge in [0.15, 0.2) is 0 Å². The van der Waals surface area contributed by atoms with Gasteiger partial charge in [-0.25, -0.2) is 13.4 Å². The Morgan fingerprint density at radius 3 is 2.36 bits per heavy atom. The SMILES string of the molecule is BC(B)(B)Nc1nc(NC2CCN(Cc3ccc4c(cc(C#N)n4C[C@H](C)N4CCN(S(=O)(=O)CC5CC5)CC4)c3C)CC2)c2cc(CC(F)(F)F)sc2n1. The van der Waals surface area contributed by atoms with Crippen molar-refractivity contribution in [1.29, 1.82) is 5.26 Å². The van der Waals surface area contributed by atoms with Crippen molar-refractivity contribution in [3.8, 4) is 6.07 Å². The van der Waals surface area contributed by atoms with Crippen LogP contribution in [0.2, 0.25) is 0 Å². The first kappa shape index (κ1) is 39.9. The number of likely N-dealkylation sites (tertiary alicyclic amines) is 1. The standard InChI is InChI=1S/C36H49B3F3N9O2S2/c1-22(49-11-13-50(14-12-49)55(52,53)21-24-3-4-24)19-51-27(18-43)15-29-23(2)25(5-6-31(29)51)20-48-9-7-26(8-10-48)44-32-30-16-28(17-35(40,41)42)54-33(30)46-34(45-32)47-36(37,38)39/h5-6,15-16,22,24,26H,3-4,7-14,17,19-21,37-39H2,1-2H3,(H2,44,45,46,47)/t22-/m0/s1. The van der Waals surface area contributed by atoms with Gasteiger partial charge in [0.1, 0.15) is 46.0 Å². The summed E-state index contributed by atoms with van der Waals surface area (Å²) in [5.74, 6) is 1.57. The number of aryl methyl sites for hydroxylation is 1. The number of piperazine rings is 1. The molecule has 3 fully saturated rings. The molecule has 19 heteroatoms. The summed E-state index contributed by atoms with van der Waals surface area (Å²) in [6.45, 7) is 9.75. The third-order valence-corrected chi connectivity index (χ3v) is 14.2. The number of anilines is 2. The maximum Gasteiger partial charge on any atom is 0.393 e. The van der Waals surface area contributed by atoms with Gasteiger partial charge in [-0.15, -0.1) is 11.3 Å². The molecule has 4 aromatic rings. The third kappa shape index (κ3) is 9.64. The largest absolute Gasteiger partial charge is 0.393 e. The number of nitrogens with zero attached hydrogens (tertiary/aromatic N) is 7. The first-order valence-corrected chi connectivity index (χ1v) is 21.8. The molecule has 1 aromatic carbocycles. The summed E-state index contributed by atoms with van der Waals surface area (Å²) < 4.78 is 69.2. The minimum atomic E-state index is -4.30. The maximum absolute atomic E-state index is 13.3. The second kappa shape index (κ2) is 15.6. The highest BCUT2D eigenvalue weighted by Crippen LogP contribution is 2.35. The van der Waals surface area contributed by atoms with Crippen molar-refractivity contribution in [2.75, 3.05) is 55.7 Å². The van der Waals surface area contributed by atoms with Gasteiger partial charge in [-0.2, -0.15) is 27.7 Å². The van der Waals surface area contributed by atoms with E-state index in [0.29, 0.717) is 66.3 Å². The van der Waals surface area contributed by atoms with Crippen LogP contribution >= 0.6 is 11.3 Å². The molecule has 11 nitrogen and oxygen atoms in total. The van der Waals surface area contributed by atoms with Crippen LogP contribution in [0.4, 0.5) is 24.9 Å². The van der Waals surface area contributed by atoms with Crippen molar-refractivity contribution in [3.05, 3.63) is 46.0 Å². The number of piperidine rings is 1. The minimum Gasteiger partial charge on any atom is -0.372 e. The van der Waals surface area contributed by atoms with E-state index in [2.05, 4.69) is 62.0 Å². The van der Waals surface area contributed by atoms with Gasteiger partial charge in [-0.3, -0.25) is 9.80 Å². The summed E-state index contributed by atoms with van der Waals surface area (Å²) in [6, 6.07) is 10.5. The van der Waals surface area contributed by atoms with E-state index in [1.165, 1.54) is 5.56 Å². The number of benzene rings is 1. The molecule has 7 rings (SSSR count). The summed E-state index contributed by atoms with van der Waals surface area (Å²) in [5.41, 5.74) is 4.02. The molecular weight excluding hydrogens is 744 g/mol. The molecule has 1 aliphatic carbocycles. The average molecular weight is 793 g/mol. The quantitative estimate of drug-likeness (QED) is 0.197. The van der Waals surface area contributed by atoms with E-state index >= 15 is 0 Å². The maximum atomic E-state index is 13.3. The van der Waals surface area contributed by atoms with Gasteiger partial charge < -0.3 is 15.2 Å². The molecule has 1 saturated carbocycles. The Hall–Kier alpha value is -3.30. The Balaban J connectivity index is 0.986. The summed E-state index contributed by atoms with van der Waals surface area (Å²) in [7, 11) is 2.77. The molecule has 3 aromatic heterocycles. The van der Waals surface area contributed by atoms with Gasteiger partial charge in [0.05, 0.1) is 17.6 Å². The number of aromatic nitrogens is 3. The van der Waals surface area contributed by atoms with Crippen LogP contribution < -0.4 is 10.6 Å². The zero-order valence-corrected chi connectivity index (χ0v) is 34.0. The van der Waals surface area contributed by atoms with Crippen molar-refractivity contribution in [2.24, 2.45) is 5.92 Å². The smallest absolute Gasteiger partial charge is 0.372 e. The predicted molar refractivity (Wildman–Crippen MR) is 222 cm³/mol. The molecule has 2 aliphatic heterocycles. The Bertz CT molecular complexity index is 2180. The Morgan fingerprint density at radius 1 is 1.02 bits per heavy atom. The fourth-order valence-corrected chi connectivity index (χ4v) is 10.8. The lowest BCUT2D eigenvalue weighted by atomic mass is 9.49. The van der Waals surface area contributed by atoms with E-state index in [-0.39, 0.29) is 28.0 Å². The topological polar surface area (TPSA) is 122 Å².